The maximum absolute atomic E-state index is 10.9. The normalized spacial score (nSPS) is 9.08. The topological polar surface area (TPSA) is 63.2 Å². The molecule has 6 nitrogen and oxygen atoms in total. The lowest BCUT2D eigenvalue weighted by Gasteiger charge is -2.17. The van der Waals surface area contributed by atoms with Gasteiger partial charge in [0.2, 0.25) is 0 Å². The number of hydrogen-bond acceptors (Lipinski definition) is 6. The Morgan fingerprint density at radius 3 is 1.83 bits per heavy atom. The van der Waals surface area contributed by atoms with Crippen LogP contribution in [0.3, 0.4) is 0 Å². The molecule has 0 rings (SSSR count). The fraction of sp³-hybridized carbons (Fsp3) is 0.833. The van der Waals surface area contributed by atoms with Crippen LogP contribution in [0.2, 0.25) is 0 Å². The zero-order valence-corrected chi connectivity index (χ0v) is 11.1. The van der Waals surface area contributed by atoms with E-state index in [2.05, 4.69) is 6.58 Å². The minimum absolute atomic E-state index is 0. The number of esters is 1. The van der Waals surface area contributed by atoms with Crippen LogP contribution in [-0.2, 0) is 28.5 Å². The SMILES string of the molecule is C.C.C.C.C.C.C=CC(=O)OCC(COCCOC)OCCOC. The van der Waals surface area contributed by atoms with Crippen molar-refractivity contribution >= 4 is 5.97 Å². The first-order chi connectivity index (χ1) is 8.74. The van der Waals surface area contributed by atoms with Crippen LogP contribution < -0.4 is 0 Å². The van der Waals surface area contributed by atoms with Crippen molar-refractivity contribution in [2.45, 2.75) is 50.7 Å². The number of methoxy groups -OCH3 is 2. The summed E-state index contributed by atoms with van der Waals surface area (Å²) in [4.78, 5) is 10.9. The number of hydrogen-bond donors (Lipinski definition) is 0. The maximum Gasteiger partial charge on any atom is 0.330 e. The summed E-state index contributed by atoms with van der Waals surface area (Å²) in [6.07, 6.45) is 0.791. The van der Waals surface area contributed by atoms with Crippen molar-refractivity contribution in [1.82, 2.24) is 0 Å². The molecule has 154 valence electrons. The van der Waals surface area contributed by atoms with E-state index in [4.69, 9.17) is 23.7 Å². The van der Waals surface area contributed by atoms with Crippen LogP contribution in [0.1, 0.15) is 44.6 Å². The maximum atomic E-state index is 10.9. The van der Waals surface area contributed by atoms with Crippen LogP contribution in [0.5, 0.6) is 0 Å². The molecular formula is C18H46O6. The second-order valence-electron chi connectivity index (χ2n) is 3.39. The number of carbonyl (C=O) groups excluding carboxylic acids is 1. The smallest absolute Gasteiger partial charge is 0.330 e. The molecule has 1 unspecified atom stereocenters. The van der Waals surface area contributed by atoms with Gasteiger partial charge in [-0.3, -0.25) is 0 Å². The highest BCUT2D eigenvalue weighted by molar-refractivity contribution is 5.81. The highest BCUT2D eigenvalue weighted by atomic mass is 16.6. The van der Waals surface area contributed by atoms with E-state index in [-0.39, 0.29) is 57.3 Å². The summed E-state index contributed by atoms with van der Waals surface area (Å²) in [6, 6.07) is 0. The highest BCUT2D eigenvalue weighted by Gasteiger charge is 2.11. The Kier molecular flexibility index (Phi) is 60.9. The molecule has 0 aromatic heterocycles. The van der Waals surface area contributed by atoms with Gasteiger partial charge in [-0.2, -0.15) is 0 Å². The Labute approximate surface area is 152 Å². The van der Waals surface area contributed by atoms with E-state index in [1.54, 1.807) is 14.2 Å². The van der Waals surface area contributed by atoms with Gasteiger partial charge in [-0.05, 0) is 0 Å². The van der Waals surface area contributed by atoms with Crippen LogP contribution >= 0.6 is 0 Å². The number of rotatable bonds is 12. The summed E-state index contributed by atoms with van der Waals surface area (Å²) in [7, 11) is 3.19. The Bertz CT molecular complexity index is 222. The van der Waals surface area contributed by atoms with Gasteiger partial charge >= 0.3 is 5.97 Å². The molecule has 0 N–H and O–H groups in total. The van der Waals surface area contributed by atoms with Gasteiger partial charge in [-0.1, -0.05) is 51.1 Å². The summed E-state index contributed by atoms with van der Waals surface area (Å²) in [6.45, 7) is 5.65. The van der Waals surface area contributed by atoms with E-state index < -0.39 is 5.97 Å². The minimum atomic E-state index is -0.479. The largest absolute Gasteiger partial charge is 0.460 e. The van der Waals surface area contributed by atoms with Crippen LogP contribution in [0.4, 0.5) is 0 Å². The van der Waals surface area contributed by atoms with Crippen molar-refractivity contribution < 1.29 is 28.5 Å². The Hall–Kier alpha value is -0.950. The van der Waals surface area contributed by atoms with Crippen LogP contribution in [0, 0.1) is 0 Å². The fourth-order valence-electron chi connectivity index (χ4n) is 1.03. The van der Waals surface area contributed by atoms with E-state index in [0.29, 0.717) is 33.0 Å². The molecule has 0 aliphatic heterocycles. The Morgan fingerprint density at radius 2 is 1.38 bits per heavy atom. The van der Waals surface area contributed by atoms with E-state index in [0.717, 1.165) is 6.08 Å². The molecule has 0 saturated heterocycles. The predicted molar refractivity (Wildman–Crippen MR) is 106 cm³/mol. The van der Waals surface area contributed by atoms with E-state index in [1.165, 1.54) is 0 Å². The van der Waals surface area contributed by atoms with Crippen molar-refractivity contribution in [3.8, 4) is 0 Å². The molecule has 0 aliphatic carbocycles. The van der Waals surface area contributed by atoms with Crippen LogP contribution in [0.15, 0.2) is 12.7 Å². The third kappa shape index (κ3) is 29.1. The molecule has 0 radical (unpaired) electrons. The molecule has 0 fully saturated rings. The van der Waals surface area contributed by atoms with E-state index >= 15 is 0 Å². The zero-order valence-electron chi connectivity index (χ0n) is 11.1. The molecule has 0 aromatic rings. The first kappa shape index (κ1) is 43.5. The minimum Gasteiger partial charge on any atom is -0.460 e. The van der Waals surface area contributed by atoms with Crippen molar-refractivity contribution in [3.05, 3.63) is 12.7 Å². The third-order valence-electron chi connectivity index (χ3n) is 1.95. The van der Waals surface area contributed by atoms with E-state index in [1.807, 2.05) is 0 Å². The summed E-state index contributed by atoms with van der Waals surface area (Å²) in [5, 5.41) is 0. The molecule has 0 heterocycles. The van der Waals surface area contributed by atoms with E-state index in [9.17, 15) is 4.79 Å². The molecule has 6 heteroatoms. The third-order valence-corrected chi connectivity index (χ3v) is 1.95. The van der Waals surface area contributed by atoms with Crippen molar-refractivity contribution in [2.75, 3.05) is 53.9 Å². The molecule has 1 atom stereocenters. The average Bonchev–Trinajstić information content (AvgIpc) is 2.39. The number of carbonyl (C=O) groups is 1. The van der Waals surface area contributed by atoms with Gasteiger partial charge in [0.25, 0.3) is 0 Å². The zero-order chi connectivity index (χ0) is 13.6. The molecule has 0 saturated carbocycles. The molecule has 24 heavy (non-hydrogen) atoms. The standard InChI is InChI=1S/C12H22O6.6CH4/c1-4-12(13)18-10-11(17-8-6-15-3)9-16-7-5-14-2;;;;;;/h4,11H,1,5-10H2,2-3H3;6*1H4. The lowest BCUT2D eigenvalue weighted by atomic mass is 10.4. The Morgan fingerprint density at radius 1 is 0.875 bits per heavy atom. The van der Waals surface area contributed by atoms with Crippen molar-refractivity contribution in [2.24, 2.45) is 0 Å². The van der Waals surface area contributed by atoms with Crippen molar-refractivity contribution in [1.29, 1.82) is 0 Å². The van der Waals surface area contributed by atoms with Gasteiger partial charge < -0.3 is 23.7 Å². The summed E-state index contributed by atoms with van der Waals surface area (Å²) < 4.78 is 25.4. The van der Waals surface area contributed by atoms with Gasteiger partial charge in [-0.25, -0.2) is 4.79 Å². The lowest BCUT2D eigenvalue weighted by Crippen LogP contribution is -2.28. The monoisotopic (exact) mass is 358 g/mol. The quantitative estimate of drug-likeness (QED) is 0.295. The first-order valence-electron chi connectivity index (χ1n) is 5.71. The number of ether oxygens (including phenoxy) is 5. The fourth-order valence-corrected chi connectivity index (χ4v) is 1.03. The molecule has 0 aliphatic rings. The summed E-state index contributed by atoms with van der Waals surface area (Å²) in [5.41, 5.74) is 0. The lowest BCUT2D eigenvalue weighted by molar-refractivity contribution is -0.144. The molecule has 0 spiro atoms. The van der Waals surface area contributed by atoms with Gasteiger partial charge in [0.1, 0.15) is 12.7 Å². The summed E-state index contributed by atoms with van der Waals surface area (Å²) >= 11 is 0. The van der Waals surface area contributed by atoms with Crippen LogP contribution in [0.25, 0.3) is 0 Å². The highest BCUT2D eigenvalue weighted by Crippen LogP contribution is 1.97. The van der Waals surface area contributed by atoms with Gasteiger partial charge in [-0.15, -0.1) is 0 Å². The summed E-state index contributed by atoms with van der Waals surface area (Å²) in [5.74, 6) is -0.479. The Balaban J connectivity index is -0.0000000963. The molecule has 0 aromatic carbocycles. The predicted octanol–water partition coefficient (Wildman–Crippen LogP) is 4.23. The second-order valence-corrected chi connectivity index (χ2v) is 3.39. The van der Waals surface area contributed by atoms with Crippen molar-refractivity contribution in [3.63, 3.8) is 0 Å². The van der Waals surface area contributed by atoms with Gasteiger partial charge in [0, 0.05) is 20.3 Å². The first-order valence-corrected chi connectivity index (χ1v) is 5.71. The molecule has 0 amide bonds. The molecule has 0 bridgehead atoms. The van der Waals surface area contributed by atoms with Crippen LogP contribution in [-0.4, -0.2) is 65.9 Å². The van der Waals surface area contributed by atoms with Gasteiger partial charge in [0.15, 0.2) is 0 Å². The average molecular weight is 359 g/mol. The molecular weight excluding hydrogens is 312 g/mol. The van der Waals surface area contributed by atoms with Gasteiger partial charge in [0.05, 0.1) is 33.0 Å². The second kappa shape index (κ2) is 33.6.